The van der Waals surface area contributed by atoms with Crippen LogP contribution in [0.3, 0.4) is 0 Å². The van der Waals surface area contributed by atoms with E-state index in [9.17, 15) is 0 Å². The standard InChI is InChI=1S/C16H15B.2C2H6/c1-10-8-12-11-6-4-5-7-13(11)16(2,3)14(12)9-15(10)17;2*1-2/h4-9H,1-3H3;2*1-2H3. The molecule has 110 valence electrons. The lowest BCUT2D eigenvalue weighted by molar-refractivity contribution is 0.661. The van der Waals surface area contributed by atoms with E-state index in [2.05, 4.69) is 57.2 Å². The first-order valence-corrected chi connectivity index (χ1v) is 8.02. The zero-order valence-electron chi connectivity index (χ0n) is 14.5. The Labute approximate surface area is 132 Å². The quantitative estimate of drug-likeness (QED) is 0.585. The van der Waals surface area contributed by atoms with Crippen molar-refractivity contribution in [1.82, 2.24) is 0 Å². The minimum Gasteiger partial charge on any atom is -0.0935 e. The second-order valence-electron chi connectivity index (χ2n) is 5.42. The molecule has 1 aliphatic rings. The number of benzene rings is 2. The predicted molar refractivity (Wildman–Crippen MR) is 96.8 cm³/mol. The third-order valence-corrected chi connectivity index (χ3v) is 3.97. The van der Waals surface area contributed by atoms with Gasteiger partial charge in [-0.2, -0.15) is 0 Å². The molecule has 0 atom stereocenters. The molecule has 1 heteroatoms. The first kappa shape index (κ1) is 17.6. The summed E-state index contributed by atoms with van der Waals surface area (Å²) in [6, 6.07) is 13.0. The number of rotatable bonds is 0. The van der Waals surface area contributed by atoms with Crippen molar-refractivity contribution in [2.24, 2.45) is 0 Å². The average Bonchev–Trinajstić information content (AvgIpc) is 2.73. The predicted octanol–water partition coefficient (Wildman–Crippen LogP) is 5.15. The SMILES string of the molecule is CC.CC.[B]c1cc2c(cc1C)-c1ccccc1C2(C)C. The molecule has 0 nitrogen and oxygen atoms in total. The van der Waals surface area contributed by atoms with Gasteiger partial charge in [0, 0.05) is 5.41 Å². The molecular formula is C20H27B. The molecule has 0 heterocycles. The lowest BCUT2D eigenvalue weighted by atomic mass is 9.79. The topological polar surface area (TPSA) is 0 Å². The molecule has 1 aliphatic carbocycles. The summed E-state index contributed by atoms with van der Waals surface area (Å²) >= 11 is 0. The summed E-state index contributed by atoms with van der Waals surface area (Å²) in [5.74, 6) is 0. The van der Waals surface area contributed by atoms with Crippen LogP contribution in [-0.2, 0) is 5.41 Å². The van der Waals surface area contributed by atoms with Crippen LogP contribution in [0.15, 0.2) is 36.4 Å². The van der Waals surface area contributed by atoms with Gasteiger partial charge in [0.15, 0.2) is 0 Å². The maximum atomic E-state index is 6.05. The van der Waals surface area contributed by atoms with Crippen molar-refractivity contribution in [3.8, 4) is 11.1 Å². The first-order chi connectivity index (χ1) is 10.0. The number of hydrogen-bond donors (Lipinski definition) is 0. The van der Waals surface area contributed by atoms with E-state index in [0.717, 1.165) is 11.0 Å². The van der Waals surface area contributed by atoms with Crippen molar-refractivity contribution in [2.45, 2.75) is 53.9 Å². The van der Waals surface area contributed by atoms with E-state index >= 15 is 0 Å². The Bertz CT molecular complexity index is 609. The molecule has 0 N–H and O–H groups in total. The maximum Gasteiger partial charge on any atom is 0.114 e. The lowest BCUT2D eigenvalue weighted by Crippen LogP contribution is -2.18. The van der Waals surface area contributed by atoms with E-state index < -0.39 is 0 Å². The molecule has 0 saturated heterocycles. The average molecular weight is 278 g/mol. The number of hydrogen-bond acceptors (Lipinski definition) is 0. The Hall–Kier alpha value is -1.50. The molecule has 3 rings (SSSR count). The van der Waals surface area contributed by atoms with E-state index in [4.69, 9.17) is 7.85 Å². The largest absolute Gasteiger partial charge is 0.114 e. The fourth-order valence-corrected chi connectivity index (χ4v) is 2.87. The fraction of sp³-hybridized carbons (Fsp3) is 0.400. The Balaban J connectivity index is 0.000000510. The highest BCUT2D eigenvalue weighted by Crippen LogP contribution is 2.48. The van der Waals surface area contributed by atoms with E-state index in [0.29, 0.717) is 0 Å². The zero-order chi connectivity index (χ0) is 16.2. The molecule has 2 radical (unpaired) electrons. The van der Waals surface area contributed by atoms with E-state index in [1.165, 1.54) is 22.3 Å². The van der Waals surface area contributed by atoms with Crippen LogP contribution >= 0.6 is 0 Å². The van der Waals surface area contributed by atoms with Crippen LogP contribution in [0.2, 0.25) is 0 Å². The van der Waals surface area contributed by atoms with E-state index in [-0.39, 0.29) is 5.41 Å². The molecule has 0 saturated carbocycles. The first-order valence-electron chi connectivity index (χ1n) is 8.02. The van der Waals surface area contributed by atoms with Crippen molar-refractivity contribution < 1.29 is 0 Å². The molecule has 0 amide bonds. The second-order valence-corrected chi connectivity index (χ2v) is 5.42. The third-order valence-electron chi connectivity index (χ3n) is 3.97. The van der Waals surface area contributed by atoms with Crippen LogP contribution in [0.1, 0.15) is 58.2 Å². The van der Waals surface area contributed by atoms with Crippen LogP contribution in [-0.4, -0.2) is 7.85 Å². The Morgan fingerprint density at radius 3 is 2.00 bits per heavy atom. The Kier molecular flexibility index (Phi) is 5.83. The summed E-state index contributed by atoms with van der Waals surface area (Å²) < 4.78 is 0. The molecule has 2 aromatic carbocycles. The van der Waals surface area contributed by atoms with E-state index in [1.807, 2.05) is 27.7 Å². The van der Waals surface area contributed by atoms with Gasteiger partial charge in [0.05, 0.1) is 0 Å². The second kappa shape index (κ2) is 6.98. The summed E-state index contributed by atoms with van der Waals surface area (Å²) in [6.45, 7) is 14.6. The fourth-order valence-electron chi connectivity index (χ4n) is 2.87. The summed E-state index contributed by atoms with van der Waals surface area (Å²) in [5, 5.41) is 0. The normalized spacial score (nSPS) is 13.1. The molecule has 0 aromatic heterocycles. The van der Waals surface area contributed by atoms with Crippen LogP contribution in [0, 0.1) is 6.92 Å². The summed E-state index contributed by atoms with van der Waals surface area (Å²) in [7, 11) is 6.05. The number of fused-ring (bicyclic) bond motifs is 3. The molecule has 21 heavy (non-hydrogen) atoms. The van der Waals surface area contributed by atoms with E-state index in [1.54, 1.807) is 0 Å². The van der Waals surface area contributed by atoms with Gasteiger partial charge in [-0.05, 0) is 29.2 Å². The minimum absolute atomic E-state index is 0.0632. The molecule has 0 aliphatic heterocycles. The minimum atomic E-state index is 0.0632. The highest BCUT2D eigenvalue weighted by molar-refractivity contribution is 6.33. The maximum absolute atomic E-state index is 6.05. The summed E-state index contributed by atoms with van der Waals surface area (Å²) in [5.41, 5.74) is 7.57. The summed E-state index contributed by atoms with van der Waals surface area (Å²) in [6.07, 6.45) is 0. The van der Waals surface area contributed by atoms with Crippen molar-refractivity contribution in [3.63, 3.8) is 0 Å². The van der Waals surface area contributed by atoms with Gasteiger partial charge < -0.3 is 0 Å². The van der Waals surface area contributed by atoms with Gasteiger partial charge in [-0.25, -0.2) is 0 Å². The van der Waals surface area contributed by atoms with Crippen LogP contribution in [0.5, 0.6) is 0 Å². The van der Waals surface area contributed by atoms with Crippen molar-refractivity contribution in [3.05, 3.63) is 53.1 Å². The van der Waals surface area contributed by atoms with Crippen LogP contribution in [0.4, 0.5) is 0 Å². The third kappa shape index (κ3) is 2.93. The highest BCUT2D eigenvalue weighted by Gasteiger charge is 2.35. The van der Waals surface area contributed by atoms with Gasteiger partial charge in [-0.1, -0.05) is 89.0 Å². The molecule has 0 spiro atoms. The van der Waals surface area contributed by atoms with Gasteiger partial charge in [0.1, 0.15) is 7.85 Å². The summed E-state index contributed by atoms with van der Waals surface area (Å²) in [4.78, 5) is 0. The molecule has 0 unspecified atom stereocenters. The molecule has 0 bridgehead atoms. The number of aryl methyl sites for hydroxylation is 1. The van der Waals surface area contributed by atoms with Crippen molar-refractivity contribution in [1.29, 1.82) is 0 Å². The van der Waals surface area contributed by atoms with Gasteiger partial charge in [-0.15, -0.1) is 0 Å². The smallest absolute Gasteiger partial charge is 0.0935 e. The molecule has 2 aromatic rings. The van der Waals surface area contributed by atoms with Crippen molar-refractivity contribution >= 4 is 13.3 Å². The zero-order valence-corrected chi connectivity index (χ0v) is 14.5. The van der Waals surface area contributed by atoms with Crippen LogP contribution in [0.25, 0.3) is 11.1 Å². The Morgan fingerprint density at radius 1 is 0.810 bits per heavy atom. The van der Waals surface area contributed by atoms with Crippen LogP contribution < -0.4 is 5.46 Å². The Morgan fingerprint density at radius 2 is 1.38 bits per heavy atom. The van der Waals surface area contributed by atoms with Gasteiger partial charge in [0.25, 0.3) is 0 Å². The molecule has 0 fully saturated rings. The van der Waals surface area contributed by atoms with Gasteiger partial charge in [0.2, 0.25) is 0 Å². The monoisotopic (exact) mass is 278 g/mol. The van der Waals surface area contributed by atoms with Gasteiger partial charge >= 0.3 is 0 Å². The molecular weight excluding hydrogens is 251 g/mol. The van der Waals surface area contributed by atoms with Gasteiger partial charge in [-0.3, -0.25) is 0 Å². The lowest BCUT2D eigenvalue weighted by Gasteiger charge is -2.22. The highest BCUT2D eigenvalue weighted by atomic mass is 14.4. The van der Waals surface area contributed by atoms with Crippen molar-refractivity contribution in [2.75, 3.05) is 0 Å².